The van der Waals surface area contributed by atoms with Gasteiger partial charge in [0.1, 0.15) is 5.69 Å². The molecule has 0 fully saturated rings. The second-order valence-corrected chi connectivity index (χ2v) is 15.3. The zero-order valence-corrected chi connectivity index (χ0v) is 33.2. The summed E-state index contributed by atoms with van der Waals surface area (Å²) < 4.78 is 2.14. The van der Waals surface area contributed by atoms with Crippen molar-refractivity contribution in [2.45, 2.75) is 0 Å². The zero-order chi connectivity index (χ0) is 40.5. The number of hydrogen-bond acceptors (Lipinski definition) is 3. The molecule has 2 heterocycles. The van der Waals surface area contributed by atoms with E-state index in [-0.39, 0.29) is 0 Å². The van der Waals surface area contributed by atoms with E-state index in [1.54, 1.807) is 0 Å². The standard InChI is InChI=1S/C57H38N4/c1-5-17-39(18-6-1)45-26-15-28-48(35-45)57-58-52(42-21-9-3-10-22-42)38-53(59-57)43-33-31-40(32-34-43)46-27-16-29-49(36-46)61-56-50-30-14-13-25-47(50)37-51(41-19-7-2-8-20-41)54(56)55(60-61)44-23-11-4-12-24-44/h1-38H. The number of rotatable bonds is 8. The molecule has 9 aromatic carbocycles. The first-order chi connectivity index (χ1) is 30.2. The molecule has 11 rings (SSSR count). The van der Waals surface area contributed by atoms with Gasteiger partial charge in [-0.2, -0.15) is 5.10 Å². The Bertz CT molecular complexity index is 3320. The minimum absolute atomic E-state index is 0.690. The van der Waals surface area contributed by atoms with Gasteiger partial charge in [0, 0.05) is 33.0 Å². The second-order valence-electron chi connectivity index (χ2n) is 15.3. The van der Waals surface area contributed by atoms with Crippen LogP contribution in [-0.2, 0) is 0 Å². The molecule has 286 valence electrons. The van der Waals surface area contributed by atoms with E-state index >= 15 is 0 Å². The first-order valence-electron chi connectivity index (χ1n) is 20.6. The molecule has 11 aromatic rings. The highest BCUT2D eigenvalue weighted by Crippen LogP contribution is 2.42. The van der Waals surface area contributed by atoms with Crippen LogP contribution >= 0.6 is 0 Å². The molecular weight excluding hydrogens is 741 g/mol. The third-order valence-electron chi connectivity index (χ3n) is 11.4. The fourth-order valence-electron chi connectivity index (χ4n) is 8.42. The minimum Gasteiger partial charge on any atom is -0.232 e. The maximum Gasteiger partial charge on any atom is 0.160 e. The van der Waals surface area contributed by atoms with Gasteiger partial charge in [-0.25, -0.2) is 14.6 Å². The Morgan fingerprint density at radius 3 is 1.51 bits per heavy atom. The van der Waals surface area contributed by atoms with Gasteiger partial charge in [-0.3, -0.25) is 0 Å². The average Bonchev–Trinajstić information content (AvgIpc) is 3.76. The van der Waals surface area contributed by atoms with Crippen molar-refractivity contribution in [1.29, 1.82) is 0 Å². The summed E-state index contributed by atoms with van der Waals surface area (Å²) in [5, 5.41) is 8.92. The van der Waals surface area contributed by atoms with Gasteiger partial charge in [0.15, 0.2) is 5.82 Å². The molecule has 0 saturated heterocycles. The molecule has 0 aliphatic carbocycles. The Morgan fingerprint density at radius 2 is 0.820 bits per heavy atom. The molecule has 0 N–H and O–H groups in total. The summed E-state index contributed by atoms with van der Waals surface area (Å²) >= 11 is 0. The van der Waals surface area contributed by atoms with Crippen molar-refractivity contribution in [3.05, 3.63) is 231 Å². The number of aromatic nitrogens is 4. The zero-order valence-electron chi connectivity index (χ0n) is 33.2. The van der Waals surface area contributed by atoms with Gasteiger partial charge in [0.25, 0.3) is 0 Å². The molecule has 0 saturated carbocycles. The quantitative estimate of drug-likeness (QED) is 0.154. The van der Waals surface area contributed by atoms with E-state index in [1.807, 2.05) is 12.1 Å². The van der Waals surface area contributed by atoms with Crippen LogP contribution in [-0.4, -0.2) is 19.7 Å². The van der Waals surface area contributed by atoms with Crippen LogP contribution in [0.2, 0.25) is 0 Å². The van der Waals surface area contributed by atoms with Crippen LogP contribution in [0.4, 0.5) is 0 Å². The fraction of sp³-hybridized carbons (Fsp3) is 0. The predicted octanol–water partition coefficient (Wildman–Crippen LogP) is 14.6. The molecule has 0 aliphatic heterocycles. The topological polar surface area (TPSA) is 43.6 Å². The monoisotopic (exact) mass is 778 g/mol. The Balaban J connectivity index is 1.01. The lowest BCUT2D eigenvalue weighted by Gasteiger charge is -2.12. The maximum absolute atomic E-state index is 5.45. The molecule has 0 spiro atoms. The van der Waals surface area contributed by atoms with Crippen molar-refractivity contribution >= 4 is 21.7 Å². The third kappa shape index (κ3) is 6.86. The van der Waals surface area contributed by atoms with E-state index in [2.05, 4.69) is 223 Å². The van der Waals surface area contributed by atoms with Gasteiger partial charge >= 0.3 is 0 Å². The normalized spacial score (nSPS) is 11.3. The number of benzene rings is 9. The van der Waals surface area contributed by atoms with Crippen molar-refractivity contribution in [1.82, 2.24) is 19.7 Å². The summed E-state index contributed by atoms with van der Waals surface area (Å²) in [6.45, 7) is 0. The van der Waals surface area contributed by atoms with E-state index in [9.17, 15) is 0 Å². The van der Waals surface area contributed by atoms with E-state index in [1.165, 1.54) is 10.9 Å². The number of fused-ring (bicyclic) bond motifs is 3. The molecule has 0 radical (unpaired) electrons. The molecule has 4 nitrogen and oxygen atoms in total. The van der Waals surface area contributed by atoms with E-state index in [4.69, 9.17) is 15.1 Å². The van der Waals surface area contributed by atoms with Crippen molar-refractivity contribution in [2.24, 2.45) is 0 Å². The molecule has 0 bridgehead atoms. The smallest absolute Gasteiger partial charge is 0.160 e. The number of nitrogens with zero attached hydrogens (tertiary/aromatic N) is 4. The summed E-state index contributed by atoms with van der Waals surface area (Å²) in [4.78, 5) is 10.3. The van der Waals surface area contributed by atoms with E-state index < -0.39 is 0 Å². The second kappa shape index (κ2) is 15.5. The van der Waals surface area contributed by atoms with Gasteiger partial charge in [0.05, 0.1) is 22.6 Å². The lowest BCUT2D eigenvalue weighted by molar-refractivity contribution is 0.918. The van der Waals surface area contributed by atoms with Crippen molar-refractivity contribution in [2.75, 3.05) is 0 Å². The molecular formula is C57H38N4. The van der Waals surface area contributed by atoms with Gasteiger partial charge < -0.3 is 0 Å². The predicted molar refractivity (Wildman–Crippen MR) is 252 cm³/mol. The largest absolute Gasteiger partial charge is 0.232 e. The van der Waals surface area contributed by atoms with Crippen molar-refractivity contribution in [3.63, 3.8) is 0 Å². The van der Waals surface area contributed by atoms with Crippen LogP contribution in [0.5, 0.6) is 0 Å². The van der Waals surface area contributed by atoms with Crippen LogP contribution < -0.4 is 0 Å². The first kappa shape index (κ1) is 35.9. The Hall–Kier alpha value is -8.21. The Morgan fingerprint density at radius 1 is 0.328 bits per heavy atom. The van der Waals surface area contributed by atoms with Crippen LogP contribution in [0.1, 0.15) is 0 Å². The third-order valence-corrected chi connectivity index (χ3v) is 11.4. The van der Waals surface area contributed by atoms with Gasteiger partial charge in [-0.1, -0.05) is 200 Å². The molecule has 2 aromatic heterocycles. The maximum atomic E-state index is 5.45. The summed E-state index contributed by atoms with van der Waals surface area (Å²) in [5.41, 5.74) is 15.7. The Kier molecular flexibility index (Phi) is 9.14. The van der Waals surface area contributed by atoms with Gasteiger partial charge in [-0.05, 0) is 69.1 Å². The minimum atomic E-state index is 0.690. The lowest BCUT2D eigenvalue weighted by atomic mass is 9.94. The molecule has 61 heavy (non-hydrogen) atoms. The summed E-state index contributed by atoms with van der Waals surface area (Å²) in [6.07, 6.45) is 0. The van der Waals surface area contributed by atoms with Crippen molar-refractivity contribution in [3.8, 4) is 84.2 Å². The molecule has 0 amide bonds. The van der Waals surface area contributed by atoms with Crippen LogP contribution in [0.25, 0.3) is 106 Å². The fourth-order valence-corrected chi connectivity index (χ4v) is 8.42. The highest BCUT2D eigenvalue weighted by molar-refractivity contribution is 6.17. The average molecular weight is 779 g/mol. The summed E-state index contributed by atoms with van der Waals surface area (Å²) in [6, 6.07) is 80.9. The summed E-state index contributed by atoms with van der Waals surface area (Å²) in [5.74, 6) is 0.690. The first-order valence-corrected chi connectivity index (χ1v) is 20.6. The van der Waals surface area contributed by atoms with Crippen LogP contribution in [0, 0.1) is 0 Å². The molecule has 0 aliphatic rings. The molecule has 4 heteroatoms. The van der Waals surface area contributed by atoms with E-state index in [0.717, 1.165) is 89.1 Å². The van der Waals surface area contributed by atoms with Crippen molar-refractivity contribution < 1.29 is 0 Å². The number of hydrogen-bond donors (Lipinski definition) is 0. The van der Waals surface area contributed by atoms with Gasteiger partial charge in [0.2, 0.25) is 0 Å². The highest BCUT2D eigenvalue weighted by atomic mass is 15.3. The highest BCUT2D eigenvalue weighted by Gasteiger charge is 2.21. The van der Waals surface area contributed by atoms with E-state index in [0.29, 0.717) is 5.82 Å². The summed E-state index contributed by atoms with van der Waals surface area (Å²) in [7, 11) is 0. The lowest BCUT2D eigenvalue weighted by Crippen LogP contribution is -1.98. The molecule has 0 unspecified atom stereocenters. The SMILES string of the molecule is c1ccc(-c2cccc(-c3nc(-c4ccccc4)cc(-c4ccc(-c5cccc(-n6nc(-c7ccccc7)c7c(-c8ccccc8)cc8ccccc8c76)c5)cc4)n3)c2)cc1. The van der Waals surface area contributed by atoms with Crippen LogP contribution in [0.15, 0.2) is 231 Å². The Labute approximate surface area is 354 Å². The van der Waals surface area contributed by atoms with Crippen LogP contribution in [0.3, 0.4) is 0 Å². The van der Waals surface area contributed by atoms with Gasteiger partial charge in [-0.15, -0.1) is 0 Å². The molecule has 0 atom stereocenters.